The molecule has 0 aromatic rings. The van der Waals surface area contributed by atoms with E-state index in [4.69, 9.17) is 0 Å². The molecular weight excluding hydrogens is 232 g/mol. The van der Waals surface area contributed by atoms with Crippen LogP contribution in [0.15, 0.2) is 0 Å². The molecule has 0 amide bonds. The highest BCUT2D eigenvalue weighted by molar-refractivity contribution is 4.72. The van der Waals surface area contributed by atoms with Gasteiger partial charge in [0.05, 0.1) is 0 Å². The number of likely N-dealkylation sites (N-methyl/N-ethyl adjacent to an activating group) is 1. The Morgan fingerprint density at radius 1 is 0.947 bits per heavy atom. The van der Waals surface area contributed by atoms with Crippen LogP contribution in [0.5, 0.6) is 0 Å². The van der Waals surface area contributed by atoms with Crippen LogP contribution >= 0.6 is 0 Å². The zero-order valence-corrected chi connectivity index (χ0v) is 15.4. The van der Waals surface area contributed by atoms with Gasteiger partial charge in [-0.25, -0.2) is 0 Å². The molecule has 1 unspecified atom stereocenters. The number of rotatable bonds is 5. The van der Waals surface area contributed by atoms with Gasteiger partial charge in [-0.2, -0.15) is 0 Å². The summed E-state index contributed by atoms with van der Waals surface area (Å²) >= 11 is 0. The maximum absolute atomic E-state index is 2.60. The van der Waals surface area contributed by atoms with E-state index in [-0.39, 0.29) is 0 Å². The van der Waals surface area contributed by atoms with E-state index in [1.807, 2.05) is 41.5 Å². The fourth-order valence-electron chi connectivity index (χ4n) is 2.05. The van der Waals surface area contributed by atoms with Crippen LogP contribution in [-0.2, 0) is 0 Å². The van der Waals surface area contributed by atoms with Crippen LogP contribution in [0.2, 0.25) is 0 Å². The van der Waals surface area contributed by atoms with Crippen molar-refractivity contribution in [3.8, 4) is 0 Å². The van der Waals surface area contributed by atoms with Crippen molar-refractivity contribution in [3.05, 3.63) is 0 Å². The molecule has 1 rings (SSSR count). The summed E-state index contributed by atoms with van der Waals surface area (Å²) in [6.07, 6.45) is 1.40. The predicted molar refractivity (Wildman–Crippen MR) is 92.1 cm³/mol. The molecule has 19 heavy (non-hydrogen) atoms. The Bertz CT molecular complexity index is 133. The SMILES string of the molecule is CC.CC.CC.CCN(CC)CCN1CCC(C)C1. The second-order valence-electron chi connectivity index (χ2n) is 4.22. The smallest absolute Gasteiger partial charge is 0.0109 e. The normalized spacial score (nSPS) is 17.7. The molecule has 1 aliphatic rings. The second kappa shape index (κ2) is 20.2. The maximum Gasteiger partial charge on any atom is 0.0109 e. The molecule has 1 heterocycles. The van der Waals surface area contributed by atoms with Crippen LogP contribution in [0.3, 0.4) is 0 Å². The molecule has 0 aromatic heterocycles. The van der Waals surface area contributed by atoms with Gasteiger partial charge in [-0.1, -0.05) is 62.3 Å². The second-order valence-corrected chi connectivity index (χ2v) is 4.22. The zero-order chi connectivity index (χ0) is 15.7. The molecule has 0 radical (unpaired) electrons. The molecule has 1 aliphatic heterocycles. The molecule has 0 aliphatic carbocycles. The molecule has 0 saturated carbocycles. The highest BCUT2D eigenvalue weighted by Gasteiger charge is 2.18. The third-order valence-corrected chi connectivity index (χ3v) is 3.13. The minimum Gasteiger partial charge on any atom is -0.303 e. The Balaban J connectivity index is -0.000000375. The zero-order valence-electron chi connectivity index (χ0n) is 15.4. The number of nitrogens with zero attached hydrogens (tertiary/aromatic N) is 2. The Labute approximate surface area is 124 Å². The molecule has 2 heteroatoms. The van der Waals surface area contributed by atoms with E-state index in [2.05, 4.69) is 30.6 Å². The first-order valence-electron chi connectivity index (χ1n) is 8.71. The van der Waals surface area contributed by atoms with Gasteiger partial charge >= 0.3 is 0 Å². The van der Waals surface area contributed by atoms with Crippen molar-refractivity contribution in [2.45, 2.75) is 68.7 Å². The third-order valence-electron chi connectivity index (χ3n) is 3.13. The minimum atomic E-state index is 0.928. The van der Waals surface area contributed by atoms with Gasteiger partial charge in [0.25, 0.3) is 0 Å². The molecule has 2 nitrogen and oxygen atoms in total. The molecular formula is C17H42N2. The Kier molecular flexibility index (Phi) is 25.5. The largest absolute Gasteiger partial charge is 0.303 e. The molecule has 1 saturated heterocycles. The van der Waals surface area contributed by atoms with Gasteiger partial charge in [-0.15, -0.1) is 0 Å². The third kappa shape index (κ3) is 14.1. The van der Waals surface area contributed by atoms with Crippen molar-refractivity contribution in [1.29, 1.82) is 0 Å². The first-order chi connectivity index (χ1) is 9.26. The van der Waals surface area contributed by atoms with Crippen molar-refractivity contribution in [1.82, 2.24) is 9.80 Å². The molecule has 120 valence electrons. The average molecular weight is 275 g/mol. The number of hydrogen-bond donors (Lipinski definition) is 0. The van der Waals surface area contributed by atoms with Crippen LogP contribution < -0.4 is 0 Å². The van der Waals surface area contributed by atoms with E-state index in [0.717, 1.165) is 5.92 Å². The van der Waals surface area contributed by atoms with Crippen LogP contribution in [0.25, 0.3) is 0 Å². The minimum absolute atomic E-state index is 0.928. The Hall–Kier alpha value is -0.0800. The van der Waals surface area contributed by atoms with E-state index >= 15 is 0 Å². The van der Waals surface area contributed by atoms with Gasteiger partial charge < -0.3 is 9.80 Å². The lowest BCUT2D eigenvalue weighted by Crippen LogP contribution is -2.33. The van der Waals surface area contributed by atoms with Crippen LogP contribution in [0.1, 0.15) is 68.7 Å². The van der Waals surface area contributed by atoms with Gasteiger partial charge in [0.1, 0.15) is 0 Å². The summed E-state index contributed by atoms with van der Waals surface area (Å²) in [6.45, 7) is 26.4. The molecule has 0 aromatic carbocycles. The van der Waals surface area contributed by atoms with Crippen LogP contribution in [0, 0.1) is 5.92 Å². The predicted octanol–water partition coefficient (Wildman–Crippen LogP) is 4.75. The fraction of sp³-hybridized carbons (Fsp3) is 1.00. The van der Waals surface area contributed by atoms with Crippen molar-refractivity contribution in [2.24, 2.45) is 5.92 Å². The summed E-state index contributed by atoms with van der Waals surface area (Å²) in [5.74, 6) is 0.928. The van der Waals surface area contributed by atoms with Gasteiger partial charge in [-0.3, -0.25) is 0 Å². The fourth-order valence-corrected chi connectivity index (χ4v) is 2.05. The first-order valence-corrected chi connectivity index (χ1v) is 8.71. The summed E-state index contributed by atoms with van der Waals surface area (Å²) in [6, 6.07) is 0. The topological polar surface area (TPSA) is 6.48 Å². The lowest BCUT2D eigenvalue weighted by molar-refractivity contribution is 0.237. The standard InChI is InChI=1S/C11H24N2.3C2H6/c1-4-12(5-2)8-9-13-7-6-11(3)10-13;3*1-2/h11H,4-10H2,1-3H3;3*1-2H3. The average Bonchev–Trinajstić information content (AvgIpc) is 2.92. The molecule has 0 spiro atoms. The summed E-state index contributed by atoms with van der Waals surface area (Å²) in [5, 5.41) is 0. The summed E-state index contributed by atoms with van der Waals surface area (Å²) in [4.78, 5) is 5.10. The van der Waals surface area contributed by atoms with Crippen molar-refractivity contribution < 1.29 is 0 Å². The van der Waals surface area contributed by atoms with E-state index in [9.17, 15) is 0 Å². The first kappa shape index (κ1) is 24.0. The monoisotopic (exact) mass is 274 g/mol. The van der Waals surface area contributed by atoms with Gasteiger partial charge in [0.2, 0.25) is 0 Å². The van der Waals surface area contributed by atoms with Gasteiger partial charge in [-0.05, 0) is 32.0 Å². The quantitative estimate of drug-likeness (QED) is 0.714. The van der Waals surface area contributed by atoms with Gasteiger partial charge in [0, 0.05) is 19.6 Å². The van der Waals surface area contributed by atoms with E-state index in [0.29, 0.717) is 0 Å². The summed E-state index contributed by atoms with van der Waals surface area (Å²) in [7, 11) is 0. The van der Waals surface area contributed by atoms with Crippen LogP contribution in [-0.4, -0.2) is 49.1 Å². The van der Waals surface area contributed by atoms with Crippen LogP contribution in [0.4, 0.5) is 0 Å². The summed E-state index contributed by atoms with van der Waals surface area (Å²) in [5.41, 5.74) is 0. The number of hydrogen-bond acceptors (Lipinski definition) is 2. The summed E-state index contributed by atoms with van der Waals surface area (Å²) < 4.78 is 0. The Morgan fingerprint density at radius 3 is 1.74 bits per heavy atom. The van der Waals surface area contributed by atoms with Gasteiger partial charge in [0.15, 0.2) is 0 Å². The lowest BCUT2D eigenvalue weighted by Gasteiger charge is -2.22. The van der Waals surface area contributed by atoms with Crippen molar-refractivity contribution >= 4 is 0 Å². The van der Waals surface area contributed by atoms with E-state index in [1.54, 1.807) is 0 Å². The Morgan fingerprint density at radius 2 is 1.42 bits per heavy atom. The lowest BCUT2D eigenvalue weighted by atomic mass is 10.2. The van der Waals surface area contributed by atoms with Crippen molar-refractivity contribution in [3.63, 3.8) is 0 Å². The molecule has 0 N–H and O–H groups in total. The molecule has 1 atom stereocenters. The molecule has 0 bridgehead atoms. The van der Waals surface area contributed by atoms with Crippen molar-refractivity contribution in [2.75, 3.05) is 39.3 Å². The molecule has 1 fully saturated rings. The maximum atomic E-state index is 2.60. The van der Waals surface area contributed by atoms with E-state index in [1.165, 1.54) is 45.7 Å². The van der Waals surface area contributed by atoms with E-state index < -0.39 is 0 Å². The highest BCUT2D eigenvalue weighted by atomic mass is 15.2. The number of likely N-dealkylation sites (tertiary alicyclic amines) is 1. The highest BCUT2D eigenvalue weighted by Crippen LogP contribution is 2.14.